The van der Waals surface area contributed by atoms with E-state index >= 15 is 0 Å². The molecule has 0 amide bonds. The summed E-state index contributed by atoms with van der Waals surface area (Å²) in [6, 6.07) is 1.98. The maximum absolute atomic E-state index is 11.0. The van der Waals surface area contributed by atoms with Gasteiger partial charge in [-0.3, -0.25) is 4.79 Å². The predicted molar refractivity (Wildman–Crippen MR) is 63.1 cm³/mol. The van der Waals surface area contributed by atoms with Crippen LogP contribution in [0.2, 0.25) is 0 Å². The second kappa shape index (κ2) is 6.16. The molecule has 0 aliphatic heterocycles. The summed E-state index contributed by atoms with van der Waals surface area (Å²) in [6.07, 6.45) is 4.91. The van der Waals surface area contributed by atoms with Crippen molar-refractivity contribution in [2.45, 2.75) is 33.6 Å². The lowest BCUT2D eigenvalue weighted by atomic mass is 10.2. The molecule has 0 aromatic carbocycles. The summed E-state index contributed by atoms with van der Waals surface area (Å²) >= 11 is 0. The third-order valence-electron chi connectivity index (χ3n) is 2.29. The molecule has 1 heterocycles. The molecule has 0 aliphatic rings. The summed E-state index contributed by atoms with van der Waals surface area (Å²) in [5, 5.41) is 0. The standard InChI is InChI=1S/C13H18O3/c1-4-15-13(14)8-6-5-7-12-9-10(2)11(3)16-12/h5,7,9H,4,6,8H2,1-3H3/b7-5+. The minimum atomic E-state index is -0.154. The van der Waals surface area contributed by atoms with E-state index in [0.717, 1.165) is 17.1 Å². The average molecular weight is 222 g/mol. The van der Waals surface area contributed by atoms with E-state index < -0.39 is 0 Å². The molecule has 0 saturated heterocycles. The van der Waals surface area contributed by atoms with E-state index in [1.165, 1.54) is 0 Å². The van der Waals surface area contributed by atoms with Gasteiger partial charge in [0.1, 0.15) is 11.5 Å². The summed E-state index contributed by atoms with van der Waals surface area (Å²) in [7, 11) is 0. The fourth-order valence-electron chi connectivity index (χ4n) is 1.32. The van der Waals surface area contributed by atoms with Crippen molar-refractivity contribution in [3.05, 3.63) is 29.2 Å². The van der Waals surface area contributed by atoms with Gasteiger partial charge in [-0.15, -0.1) is 0 Å². The Morgan fingerprint density at radius 1 is 1.50 bits per heavy atom. The van der Waals surface area contributed by atoms with Gasteiger partial charge in [-0.2, -0.15) is 0 Å². The Balaban J connectivity index is 2.35. The van der Waals surface area contributed by atoms with Crippen LogP contribution in [-0.2, 0) is 9.53 Å². The molecule has 88 valence electrons. The van der Waals surface area contributed by atoms with Crippen molar-refractivity contribution in [2.75, 3.05) is 6.61 Å². The Kier molecular flexibility index (Phi) is 4.83. The van der Waals surface area contributed by atoms with E-state index in [4.69, 9.17) is 9.15 Å². The fraction of sp³-hybridized carbons (Fsp3) is 0.462. The SMILES string of the molecule is CCOC(=O)CC/C=C/c1cc(C)c(C)o1. The normalized spacial score (nSPS) is 10.9. The smallest absolute Gasteiger partial charge is 0.306 e. The lowest BCUT2D eigenvalue weighted by molar-refractivity contribution is -0.142. The Bertz CT molecular complexity index is 355. The third-order valence-corrected chi connectivity index (χ3v) is 2.29. The van der Waals surface area contributed by atoms with Gasteiger partial charge in [0.05, 0.1) is 6.61 Å². The molecule has 0 radical (unpaired) electrons. The molecule has 1 aromatic heterocycles. The van der Waals surface area contributed by atoms with Crippen LogP contribution in [0.4, 0.5) is 0 Å². The van der Waals surface area contributed by atoms with Gasteiger partial charge in [-0.1, -0.05) is 6.08 Å². The van der Waals surface area contributed by atoms with Crippen LogP contribution in [0, 0.1) is 13.8 Å². The number of furan rings is 1. The molecular formula is C13H18O3. The molecule has 16 heavy (non-hydrogen) atoms. The van der Waals surface area contributed by atoms with Crippen LogP contribution in [0.3, 0.4) is 0 Å². The first-order valence-corrected chi connectivity index (χ1v) is 5.52. The maximum atomic E-state index is 11.0. The molecule has 3 nitrogen and oxygen atoms in total. The van der Waals surface area contributed by atoms with Gasteiger partial charge in [0, 0.05) is 6.42 Å². The van der Waals surface area contributed by atoms with E-state index in [1.807, 2.05) is 39.0 Å². The minimum absolute atomic E-state index is 0.154. The highest BCUT2D eigenvalue weighted by atomic mass is 16.5. The number of aryl methyl sites for hydroxylation is 2. The number of allylic oxidation sites excluding steroid dienone is 1. The van der Waals surface area contributed by atoms with Crippen molar-refractivity contribution in [2.24, 2.45) is 0 Å². The molecule has 0 bridgehead atoms. The van der Waals surface area contributed by atoms with Crippen LogP contribution in [0.15, 0.2) is 16.6 Å². The van der Waals surface area contributed by atoms with Gasteiger partial charge in [0.2, 0.25) is 0 Å². The van der Waals surface area contributed by atoms with Gasteiger partial charge < -0.3 is 9.15 Å². The number of carbonyl (C=O) groups excluding carboxylic acids is 1. The Hall–Kier alpha value is -1.51. The van der Waals surface area contributed by atoms with E-state index in [0.29, 0.717) is 19.4 Å². The monoisotopic (exact) mass is 222 g/mol. The molecule has 0 fully saturated rings. The van der Waals surface area contributed by atoms with Gasteiger partial charge >= 0.3 is 5.97 Å². The predicted octanol–water partition coefficient (Wildman–Crippen LogP) is 3.25. The average Bonchev–Trinajstić information content (AvgIpc) is 2.54. The van der Waals surface area contributed by atoms with Crippen molar-refractivity contribution in [1.82, 2.24) is 0 Å². The highest BCUT2D eigenvalue weighted by Crippen LogP contribution is 2.14. The van der Waals surface area contributed by atoms with Crippen LogP contribution in [0.25, 0.3) is 6.08 Å². The second-order valence-electron chi connectivity index (χ2n) is 3.63. The first-order chi connectivity index (χ1) is 7.63. The summed E-state index contributed by atoms with van der Waals surface area (Å²) in [5.74, 6) is 1.61. The zero-order valence-corrected chi connectivity index (χ0v) is 10.1. The minimum Gasteiger partial charge on any atom is -0.466 e. The molecule has 1 aromatic rings. The number of ether oxygens (including phenoxy) is 1. The van der Waals surface area contributed by atoms with Gasteiger partial charge in [-0.25, -0.2) is 0 Å². The lowest BCUT2D eigenvalue weighted by Crippen LogP contribution is -2.02. The van der Waals surface area contributed by atoms with Crippen LogP contribution in [-0.4, -0.2) is 12.6 Å². The van der Waals surface area contributed by atoms with E-state index in [-0.39, 0.29) is 5.97 Å². The maximum Gasteiger partial charge on any atom is 0.306 e. The molecule has 0 saturated carbocycles. The third kappa shape index (κ3) is 3.93. The molecule has 3 heteroatoms. The van der Waals surface area contributed by atoms with Crippen LogP contribution in [0.1, 0.15) is 36.8 Å². The van der Waals surface area contributed by atoms with Gasteiger partial charge in [0.15, 0.2) is 0 Å². The lowest BCUT2D eigenvalue weighted by Gasteiger charge is -1.97. The van der Waals surface area contributed by atoms with Crippen molar-refractivity contribution < 1.29 is 13.9 Å². The Morgan fingerprint density at radius 2 is 2.25 bits per heavy atom. The quantitative estimate of drug-likeness (QED) is 0.718. The first kappa shape index (κ1) is 12.6. The summed E-state index contributed by atoms with van der Waals surface area (Å²) in [4.78, 5) is 11.0. The summed E-state index contributed by atoms with van der Waals surface area (Å²) in [5.41, 5.74) is 1.14. The zero-order valence-electron chi connectivity index (χ0n) is 10.1. The molecule has 0 unspecified atom stereocenters. The summed E-state index contributed by atoms with van der Waals surface area (Å²) < 4.78 is 10.3. The molecule has 0 N–H and O–H groups in total. The molecule has 0 atom stereocenters. The number of hydrogen-bond acceptors (Lipinski definition) is 3. The highest BCUT2D eigenvalue weighted by Gasteiger charge is 2.00. The van der Waals surface area contributed by atoms with Crippen LogP contribution < -0.4 is 0 Å². The zero-order chi connectivity index (χ0) is 12.0. The number of carbonyl (C=O) groups is 1. The second-order valence-corrected chi connectivity index (χ2v) is 3.63. The molecular weight excluding hydrogens is 204 g/mol. The Morgan fingerprint density at radius 3 is 2.81 bits per heavy atom. The fourth-order valence-corrected chi connectivity index (χ4v) is 1.32. The van der Waals surface area contributed by atoms with Crippen molar-refractivity contribution in [1.29, 1.82) is 0 Å². The highest BCUT2D eigenvalue weighted by molar-refractivity contribution is 5.69. The number of rotatable bonds is 5. The number of esters is 1. The van der Waals surface area contributed by atoms with Gasteiger partial charge in [0.25, 0.3) is 0 Å². The Labute approximate surface area is 96.1 Å². The van der Waals surface area contributed by atoms with E-state index in [1.54, 1.807) is 0 Å². The molecule has 0 spiro atoms. The van der Waals surface area contributed by atoms with Crippen molar-refractivity contribution >= 4 is 12.0 Å². The van der Waals surface area contributed by atoms with Crippen molar-refractivity contribution in [3.63, 3.8) is 0 Å². The largest absolute Gasteiger partial charge is 0.466 e. The van der Waals surface area contributed by atoms with Gasteiger partial charge in [-0.05, 0) is 44.9 Å². The topological polar surface area (TPSA) is 39.4 Å². The molecule has 0 aliphatic carbocycles. The van der Waals surface area contributed by atoms with Crippen LogP contribution in [0.5, 0.6) is 0 Å². The van der Waals surface area contributed by atoms with Crippen molar-refractivity contribution in [3.8, 4) is 0 Å². The first-order valence-electron chi connectivity index (χ1n) is 5.52. The van der Waals surface area contributed by atoms with E-state index in [9.17, 15) is 4.79 Å². The number of hydrogen-bond donors (Lipinski definition) is 0. The van der Waals surface area contributed by atoms with E-state index in [2.05, 4.69) is 0 Å². The van der Waals surface area contributed by atoms with Crippen LogP contribution >= 0.6 is 0 Å². The molecule has 1 rings (SSSR count). The summed E-state index contributed by atoms with van der Waals surface area (Å²) in [6.45, 7) is 6.20.